The predicted octanol–water partition coefficient (Wildman–Crippen LogP) is 2.18. The number of methoxy groups -OCH3 is 1. The molecule has 0 aliphatic heterocycles. The van der Waals surface area contributed by atoms with Crippen molar-refractivity contribution < 1.29 is 40.6 Å². The lowest BCUT2D eigenvalue weighted by Gasteiger charge is -2.28. The van der Waals surface area contributed by atoms with Crippen molar-refractivity contribution in [2.45, 2.75) is 49.4 Å². The highest BCUT2D eigenvalue weighted by atomic mass is 19.4. The number of hydrogen-bond acceptors (Lipinski definition) is 4. The van der Waals surface area contributed by atoms with Crippen molar-refractivity contribution in [3.63, 3.8) is 0 Å². The molecule has 10 heteroatoms. The number of halogens is 6. The number of esters is 1. The van der Waals surface area contributed by atoms with Gasteiger partial charge in [0.15, 0.2) is 0 Å². The molecule has 21 heavy (non-hydrogen) atoms. The van der Waals surface area contributed by atoms with E-state index >= 15 is 0 Å². The van der Waals surface area contributed by atoms with Crippen molar-refractivity contribution in [3.8, 4) is 0 Å². The van der Waals surface area contributed by atoms with Crippen LogP contribution < -0.4 is 5.32 Å². The Labute approximate surface area is 116 Å². The maximum absolute atomic E-state index is 12.4. The summed E-state index contributed by atoms with van der Waals surface area (Å²) in [6, 6.07) is 0. The number of ether oxygens (including phenoxy) is 2. The molecule has 1 aliphatic rings. The van der Waals surface area contributed by atoms with Crippen molar-refractivity contribution in [2.75, 3.05) is 14.2 Å². The van der Waals surface area contributed by atoms with Gasteiger partial charge in [-0.1, -0.05) is 0 Å². The van der Waals surface area contributed by atoms with Crippen molar-refractivity contribution in [3.05, 3.63) is 0 Å². The minimum absolute atomic E-state index is 0.0310. The molecule has 4 nitrogen and oxygen atoms in total. The molecule has 0 aromatic carbocycles. The Kier molecular flexibility index (Phi) is 5.14. The van der Waals surface area contributed by atoms with E-state index in [1.807, 2.05) is 0 Å². The van der Waals surface area contributed by atoms with Gasteiger partial charge < -0.3 is 14.8 Å². The Morgan fingerprint density at radius 2 is 1.76 bits per heavy atom. The van der Waals surface area contributed by atoms with E-state index in [1.165, 1.54) is 7.05 Å². The molecular formula is C11H15F6NO3. The molecule has 1 fully saturated rings. The lowest BCUT2D eigenvalue weighted by atomic mass is 9.98. The molecule has 0 aromatic heterocycles. The monoisotopic (exact) mass is 323 g/mol. The minimum atomic E-state index is -5.56. The first-order valence-corrected chi connectivity index (χ1v) is 6.02. The van der Waals surface area contributed by atoms with Crippen LogP contribution in [0.1, 0.15) is 19.3 Å². The van der Waals surface area contributed by atoms with Gasteiger partial charge in [0.1, 0.15) is 5.54 Å². The maximum atomic E-state index is 12.4. The van der Waals surface area contributed by atoms with E-state index < -0.39 is 36.1 Å². The minimum Gasteiger partial charge on any atom is -0.468 e. The van der Waals surface area contributed by atoms with E-state index in [1.54, 1.807) is 0 Å². The maximum Gasteiger partial charge on any atom is 0.423 e. The van der Waals surface area contributed by atoms with E-state index in [0.29, 0.717) is 0 Å². The molecule has 2 unspecified atom stereocenters. The highest BCUT2D eigenvalue weighted by Gasteiger charge is 2.60. The van der Waals surface area contributed by atoms with E-state index in [4.69, 9.17) is 0 Å². The van der Waals surface area contributed by atoms with Crippen LogP contribution >= 0.6 is 0 Å². The van der Waals surface area contributed by atoms with Gasteiger partial charge in [0.2, 0.25) is 6.10 Å². The highest BCUT2D eigenvalue weighted by molar-refractivity contribution is 5.81. The van der Waals surface area contributed by atoms with Crippen LogP contribution in [0.3, 0.4) is 0 Å². The predicted molar refractivity (Wildman–Crippen MR) is 58.4 cm³/mol. The molecule has 1 aliphatic carbocycles. The first-order valence-electron chi connectivity index (χ1n) is 6.02. The second kappa shape index (κ2) is 5.99. The topological polar surface area (TPSA) is 47.6 Å². The number of carbonyl (C=O) groups excluding carboxylic acids is 1. The molecule has 0 saturated heterocycles. The molecule has 0 amide bonds. The second-order valence-electron chi connectivity index (χ2n) is 4.79. The van der Waals surface area contributed by atoms with Gasteiger partial charge in [-0.15, -0.1) is 0 Å². The summed E-state index contributed by atoms with van der Waals surface area (Å²) >= 11 is 0. The summed E-state index contributed by atoms with van der Waals surface area (Å²) in [6.07, 6.45) is -16.7. The third kappa shape index (κ3) is 4.00. The van der Waals surface area contributed by atoms with Gasteiger partial charge >= 0.3 is 18.3 Å². The smallest absolute Gasteiger partial charge is 0.423 e. The normalized spacial score (nSPS) is 27.2. The van der Waals surface area contributed by atoms with Crippen LogP contribution in [0.2, 0.25) is 0 Å². The zero-order valence-corrected chi connectivity index (χ0v) is 11.3. The number of nitrogens with one attached hydrogen (secondary N) is 1. The second-order valence-corrected chi connectivity index (χ2v) is 4.79. The average Bonchev–Trinajstić information content (AvgIpc) is 2.77. The third-order valence-corrected chi connectivity index (χ3v) is 3.45. The van der Waals surface area contributed by atoms with E-state index in [-0.39, 0.29) is 19.3 Å². The van der Waals surface area contributed by atoms with Gasteiger partial charge in [-0.3, -0.25) is 4.79 Å². The summed E-state index contributed by atoms with van der Waals surface area (Å²) in [4.78, 5) is 11.6. The van der Waals surface area contributed by atoms with Gasteiger partial charge in [-0.05, 0) is 19.9 Å². The van der Waals surface area contributed by atoms with Crippen LogP contribution in [0.15, 0.2) is 0 Å². The molecule has 1 N–H and O–H groups in total. The molecule has 124 valence electrons. The molecule has 2 atom stereocenters. The summed E-state index contributed by atoms with van der Waals surface area (Å²) < 4.78 is 83.2. The van der Waals surface area contributed by atoms with Crippen LogP contribution in [0.4, 0.5) is 26.3 Å². The zero-order valence-electron chi connectivity index (χ0n) is 11.3. The van der Waals surface area contributed by atoms with Crippen molar-refractivity contribution in [1.29, 1.82) is 0 Å². The quantitative estimate of drug-likeness (QED) is 0.636. The molecular weight excluding hydrogens is 308 g/mol. The Hall–Kier alpha value is -1.03. The summed E-state index contributed by atoms with van der Waals surface area (Å²) in [5.74, 6) is -0.744. The zero-order chi connectivity index (χ0) is 16.5. The SMILES string of the molecule is CNC1(C(=O)OC)CCC(OC(C(F)(F)F)C(F)(F)F)C1. The highest BCUT2D eigenvalue weighted by Crippen LogP contribution is 2.40. The fourth-order valence-electron chi connectivity index (χ4n) is 2.36. The van der Waals surface area contributed by atoms with E-state index in [9.17, 15) is 31.1 Å². The Morgan fingerprint density at radius 3 is 2.14 bits per heavy atom. The van der Waals surface area contributed by atoms with Gasteiger partial charge in [0, 0.05) is 6.42 Å². The van der Waals surface area contributed by atoms with E-state index in [0.717, 1.165) is 7.11 Å². The molecule has 0 radical (unpaired) electrons. The fourth-order valence-corrected chi connectivity index (χ4v) is 2.36. The summed E-state index contributed by atoms with van der Waals surface area (Å²) in [7, 11) is 2.47. The standard InChI is InChI=1S/C11H15F6NO3/c1-18-9(8(19)20-2)4-3-6(5-9)21-7(10(12,13)14)11(15,16)17/h6-7,18H,3-5H2,1-2H3. The van der Waals surface area contributed by atoms with Gasteiger partial charge in [0.25, 0.3) is 0 Å². The van der Waals surface area contributed by atoms with Gasteiger partial charge in [-0.25, -0.2) is 0 Å². The van der Waals surface area contributed by atoms with Crippen molar-refractivity contribution in [1.82, 2.24) is 5.32 Å². The van der Waals surface area contributed by atoms with Gasteiger partial charge in [-0.2, -0.15) is 26.3 Å². The summed E-state index contributed by atoms with van der Waals surface area (Å²) in [5.41, 5.74) is -1.32. The number of rotatable bonds is 4. The van der Waals surface area contributed by atoms with Crippen LogP contribution in [-0.2, 0) is 14.3 Å². The molecule has 1 saturated carbocycles. The molecule has 0 spiro atoms. The number of hydrogen-bond donors (Lipinski definition) is 1. The van der Waals surface area contributed by atoms with E-state index in [2.05, 4.69) is 14.8 Å². The molecule has 0 bridgehead atoms. The first kappa shape index (κ1) is 18.0. The average molecular weight is 323 g/mol. The lowest BCUT2D eigenvalue weighted by Crippen LogP contribution is -2.50. The first-order chi connectivity index (χ1) is 9.46. The Morgan fingerprint density at radius 1 is 1.24 bits per heavy atom. The largest absolute Gasteiger partial charge is 0.468 e. The van der Waals surface area contributed by atoms with Crippen LogP contribution in [-0.4, -0.2) is 50.2 Å². The fraction of sp³-hybridized carbons (Fsp3) is 0.909. The molecule has 0 aromatic rings. The van der Waals surface area contributed by atoms with Crippen molar-refractivity contribution >= 4 is 5.97 Å². The Balaban J connectivity index is 2.83. The van der Waals surface area contributed by atoms with Gasteiger partial charge in [0.05, 0.1) is 13.2 Å². The molecule has 0 heterocycles. The van der Waals surface area contributed by atoms with Crippen LogP contribution in [0.5, 0.6) is 0 Å². The lowest BCUT2D eigenvalue weighted by molar-refractivity contribution is -0.330. The number of alkyl halides is 6. The summed E-state index contributed by atoms with van der Waals surface area (Å²) in [5, 5.41) is 2.59. The van der Waals surface area contributed by atoms with Crippen LogP contribution in [0.25, 0.3) is 0 Å². The van der Waals surface area contributed by atoms with Crippen molar-refractivity contribution in [2.24, 2.45) is 0 Å². The number of carbonyl (C=O) groups is 1. The number of likely N-dealkylation sites (N-methyl/N-ethyl adjacent to an activating group) is 1. The molecule has 1 rings (SSSR count). The Bertz CT molecular complexity index is 369. The van der Waals surface area contributed by atoms with Crippen LogP contribution in [0, 0.1) is 0 Å². The summed E-state index contributed by atoms with van der Waals surface area (Å²) in [6.45, 7) is 0. The third-order valence-electron chi connectivity index (χ3n) is 3.45.